The Balaban J connectivity index is 2.06. The van der Waals surface area contributed by atoms with Gasteiger partial charge < -0.3 is 5.32 Å². The molecule has 2 heterocycles. The highest BCUT2D eigenvalue weighted by Gasteiger charge is 2.24. The molecule has 0 saturated carbocycles. The van der Waals surface area contributed by atoms with E-state index >= 15 is 0 Å². The molecule has 2 rings (SSSR count). The molecule has 1 fully saturated rings. The van der Waals surface area contributed by atoms with Crippen molar-refractivity contribution in [1.82, 2.24) is 10.3 Å². The minimum Gasteiger partial charge on any atom is -0.309 e. The number of hydrogen-bond acceptors (Lipinski definition) is 3. The molecule has 1 aromatic heterocycles. The van der Waals surface area contributed by atoms with Gasteiger partial charge in [-0.25, -0.2) is 0 Å². The zero-order valence-electron chi connectivity index (χ0n) is 10.6. The van der Waals surface area contributed by atoms with Crippen LogP contribution >= 0.6 is 11.8 Å². The molecule has 3 heteroatoms. The molecule has 2 unspecified atom stereocenters. The SMILES string of the molecule is CCCNC(c1cccnc1)C1CCCCS1. The fraction of sp³-hybridized carbons (Fsp3) is 0.643. The smallest absolute Gasteiger partial charge is 0.0455 e. The molecule has 94 valence electrons. The summed E-state index contributed by atoms with van der Waals surface area (Å²) in [6.45, 7) is 3.32. The summed E-state index contributed by atoms with van der Waals surface area (Å²) in [4.78, 5) is 4.26. The Morgan fingerprint density at radius 3 is 3.12 bits per heavy atom. The van der Waals surface area contributed by atoms with E-state index in [4.69, 9.17) is 0 Å². The number of pyridine rings is 1. The van der Waals surface area contributed by atoms with Gasteiger partial charge in [0.25, 0.3) is 0 Å². The molecule has 1 saturated heterocycles. The van der Waals surface area contributed by atoms with E-state index in [1.54, 1.807) is 0 Å². The average molecular weight is 250 g/mol. The van der Waals surface area contributed by atoms with Crippen molar-refractivity contribution >= 4 is 11.8 Å². The quantitative estimate of drug-likeness (QED) is 0.867. The van der Waals surface area contributed by atoms with E-state index < -0.39 is 0 Å². The van der Waals surface area contributed by atoms with Gasteiger partial charge in [0, 0.05) is 23.7 Å². The maximum atomic E-state index is 4.26. The van der Waals surface area contributed by atoms with Crippen LogP contribution in [0.5, 0.6) is 0 Å². The summed E-state index contributed by atoms with van der Waals surface area (Å²) >= 11 is 2.13. The van der Waals surface area contributed by atoms with Crippen molar-refractivity contribution in [3.05, 3.63) is 30.1 Å². The molecule has 2 atom stereocenters. The Morgan fingerprint density at radius 2 is 2.47 bits per heavy atom. The fourth-order valence-electron chi connectivity index (χ4n) is 2.35. The van der Waals surface area contributed by atoms with Crippen molar-refractivity contribution in [1.29, 1.82) is 0 Å². The van der Waals surface area contributed by atoms with E-state index in [2.05, 4.69) is 35.1 Å². The highest BCUT2D eigenvalue weighted by atomic mass is 32.2. The Kier molecular flexibility index (Phi) is 5.33. The minimum atomic E-state index is 0.481. The zero-order valence-corrected chi connectivity index (χ0v) is 11.4. The van der Waals surface area contributed by atoms with Crippen LogP contribution in [0.25, 0.3) is 0 Å². The van der Waals surface area contributed by atoms with Gasteiger partial charge in [0.05, 0.1) is 0 Å². The van der Waals surface area contributed by atoms with Crippen LogP contribution in [-0.2, 0) is 0 Å². The van der Waals surface area contributed by atoms with Crippen LogP contribution in [-0.4, -0.2) is 22.5 Å². The standard InChI is InChI=1S/C14H22N2S/c1-2-8-16-14(12-6-5-9-15-11-12)13-7-3-4-10-17-13/h5-6,9,11,13-14,16H,2-4,7-8,10H2,1H3. The first-order valence-corrected chi connectivity index (χ1v) is 7.71. The van der Waals surface area contributed by atoms with Crippen LogP contribution < -0.4 is 5.32 Å². The van der Waals surface area contributed by atoms with Crippen molar-refractivity contribution in [3.8, 4) is 0 Å². The van der Waals surface area contributed by atoms with Gasteiger partial charge in [-0.2, -0.15) is 11.8 Å². The summed E-state index contributed by atoms with van der Waals surface area (Å²) < 4.78 is 0. The van der Waals surface area contributed by atoms with Gasteiger partial charge in [-0.05, 0) is 43.2 Å². The number of hydrogen-bond donors (Lipinski definition) is 1. The first kappa shape index (κ1) is 12.9. The van der Waals surface area contributed by atoms with Gasteiger partial charge >= 0.3 is 0 Å². The van der Waals surface area contributed by atoms with Crippen LogP contribution in [0, 0.1) is 0 Å². The van der Waals surface area contributed by atoms with Crippen LogP contribution in [0.2, 0.25) is 0 Å². The Labute approximate surface area is 109 Å². The van der Waals surface area contributed by atoms with E-state index in [1.807, 2.05) is 18.5 Å². The lowest BCUT2D eigenvalue weighted by molar-refractivity contribution is 0.478. The van der Waals surface area contributed by atoms with E-state index in [0.717, 1.165) is 11.8 Å². The molecular formula is C14H22N2S. The zero-order chi connectivity index (χ0) is 11.9. The molecule has 1 N–H and O–H groups in total. The maximum Gasteiger partial charge on any atom is 0.0455 e. The van der Waals surface area contributed by atoms with E-state index in [-0.39, 0.29) is 0 Å². The highest BCUT2D eigenvalue weighted by Crippen LogP contribution is 2.34. The summed E-state index contributed by atoms with van der Waals surface area (Å²) in [5.41, 5.74) is 1.35. The van der Waals surface area contributed by atoms with Crippen LogP contribution in [0.1, 0.15) is 44.2 Å². The Hall–Kier alpha value is -0.540. The second-order valence-corrected chi connectivity index (χ2v) is 5.97. The van der Waals surface area contributed by atoms with Gasteiger partial charge in [-0.15, -0.1) is 0 Å². The lowest BCUT2D eigenvalue weighted by Crippen LogP contribution is -2.32. The maximum absolute atomic E-state index is 4.26. The molecule has 0 aliphatic carbocycles. The van der Waals surface area contributed by atoms with Crippen molar-refractivity contribution in [3.63, 3.8) is 0 Å². The fourth-order valence-corrected chi connectivity index (χ4v) is 3.80. The number of rotatable bonds is 5. The molecule has 0 bridgehead atoms. The Morgan fingerprint density at radius 1 is 1.53 bits per heavy atom. The van der Waals surface area contributed by atoms with Crippen LogP contribution in [0.3, 0.4) is 0 Å². The first-order valence-electron chi connectivity index (χ1n) is 6.66. The lowest BCUT2D eigenvalue weighted by atomic mass is 10.0. The van der Waals surface area contributed by atoms with Crippen LogP contribution in [0.4, 0.5) is 0 Å². The monoisotopic (exact) mass is 250 g/mol. The molecule has 2 nitrogen and oxygen atoms in total. The molecule has 1 aliphatic heterocycles. The number of aromatic nitrogens is 1. The highest BCUT2D eigenvalue weighted by molar-refractivity contribution is 8.00. The summed E-state index contributed by atoms with van der Waals surface area (Å²) in [7, 11) is 0. The number of nitrogens with one attached hydrogen (secondary N) is 1. The minimum absolute atomic E-state index is 0.481. The van der Waals surface area contributed by atoms with Crippen molar-refractivity contribution in [2.75, 3.05) is 12.3 Å². The van der Waals surface area contributed by atoms with Gasteiger partial charge in [0.1, 0.15) is 0 Å². The second-order valence-electron chi connectivity index (χ2n) is 4.62. The van der Waals surface area contributed by atoms with Crippen LogP contribution in [0.15, 0.2) is 24.5 Å². The lowest BCUT2D eigenvalue weighted by Gasteiger charge is -2.30. The average Bonchev–Trinajstić information content (AvgIpc) is 2.42. The van der Waals surface area contributed by atoms with Gasteiger partial charge in [0.2, 0.25) is 0 Å². The largest absolute Gasteiger partial charge is 0.309 e. The molecule has 0 aromatic carbocycles. The van der Waals surface area contributed by atoms with Crippen molar-refractivity contribution < 1.29 is 0 Å². The summed E-state index contributed by atoms with van der Waals surface area (Å²) in [6.07, 6.45) is 9.16. The van der Waals surface area contributed by atoms with Crippen molar-refractivity contribution in [2.24, 2.45) is 0 Å². The predicted molar refractivity (Wildman–Crippen MR) is 75.4 cm³/mol. The van der Waals surface area contributed by atoms with Crippen molar-refractivity contribution in [2.45, 2.75) is 43.9 Å². The van der Waals surface area contributed by atoms with Gasteiger partial charge in [-0.3, -0.25) is 4.98 Å². The topological polar surface area (TPSA) is 24.9 Å². The number of nitrogens with zero attached hydrogens (tertiary/aromatic N) is 1. The third-order valence-corrected chi connectivity index (χ3v) is 4.70. The van der Waals surface area contributed by atoms with Gasteiger partial charge in [-0.1, -0.05) is 19.4 Å². The normalized spacial score (nSPS) is 22.3. The third kappa shape index (κ3) is 3.71. The molecule has 0 radical (unpaired) electrons. The predicted octanol–water partition coefficient (Wildman–Crippen LogP) is 3.41. The van der Waals surface area contributed by atoms with Gasteiger partial charge in [0.15, 0.2) is 0 Å². The molecule has 0 spiro atoms. The molecule has 1 aromatic rings. The van der Waals surface area contributed by atoms with E-state index in [0.29, 0.717) is 6.04 Å². The molecule has 1 aliphatic rings. The summed E-state index contributed by atoms with van der Waals surface area (Å²) in [5, 5.41) is 4.42. The van der Waals surface area contributed by atoms with E-state index in [1.165, 1.54) is 37.0 Å². The molecular weight excluding hydrogens is 228 g/mol. The number of thioether (sulfide) groups is 1. The Bertz CT molecular complexity index is 309. The summed E-state index contributed by atoms with van der Waals surface area (Å²) in [6, 6.07) is 4.73. The second kappa shape index (κ2) is 7.02. The summed E-state index contributed by atoms with van der Waals surface area (Å²) in [5.74, 6) is 1.31. The first-order chi connectivity index (χ1) is 8.42. The third-order valence-electron chi connectivity index (χ3n) is 3.24. The van der Waals surface area contributed by atoms with E-state index in [9.17, 15) is 0 Å². The molecule has 0 amide bonds. The molecule has 17 heavy (non-hydrogen) atoms.